The quantitative estimate of drug-likeness (QED) is 0.210. The first-order valence-corrected chi connectivity index (χ1v) is 15.0. The molecule has 0 N–H and O–H groups in total. The Hall–Kier alpha value is -5.93. The number of para-hydroxylation sites is 2. The molecule has 0 radical (unpaired) electrons. The second-order valence-electron chi connectivity index (χ2n) is 11.3. The molecule has 6 aromatic carbocycles. The molecule has 0 atom stereocenters. The summed E-state index contributed by atoms with van der Waals surface area (Å²) in [5.41, 5.74) is 9.93. The van der Waals surface area contributed by atoms with E-state index in [4.69, 9.17) is 4.98 Å². The van der Waals surface area contributed by atoms with E-state index in [1.807, 2.05) is 0 Å². The van der Waals surface area contributed by atoms with Crippen LogP contribution >= 0.6 is 0 Å². The van der Waals surface area contributed by atoms with Crippen LogP contribution in [0.15, 0.2) is 164 Å². The molecule has 3 aromatic heterocycles. The third-order valence-electron chi connectivity index (χ3n) is 8.68. The van der Waals surface area contributed by atoms with Crippen LogP contribution in [0.5, 0.6) is 0 Å². The lowest BCUT2D eigenvalue weighted by molar-refractivity contribution is 1.13. The van der Waals surface area contributed by atoms with Gasteiger partial charge in [-0.2, -0.15) is 0 Å². The Morgan fingerprint density at radius 3 is 1.68 bits per heavy atom. The van der Waals surface area contributed by atoms with Gasteiger partial charge in [0.1, 0.15) is 0 Å². The Morgan fingerprint density at radius 2 is 0.977 bits per heavy atom. The summed E-state index contributed by atoms with van der Waals surface area (Å²) in [4.78, 5) is 5.14. The number of pyridine rings is 1. The second-order valence-corrected chi connectivity index (χ2v) is 11.3. The van der Waals surface area contributed by atoms with Crippen molar-refractivity contribution in [2.24, 2.45) is 0 Å². The summed E-state index contributed by atoms with van der Waals surface area (Å²) >= 11 is 0. The van der Waals surface area contributed by atoms with Crippen molar-refractivity contribution >= 4 is 43.5 Å². The highest BCUT2D eigenvalue weighted by Gasteiger charge is 2.17. The van der Waals surface area contributed by atoms with Gasteiger partial charge in [-0.25, -0.2) is 4.98 Å². The van der Waals surface area contributed by atoms with Gasteiger partial charge in [0.2, 0.25) is 0 Å². The Kier molecular flexibility index (Phi) is 5.50. The van der Waals surface area contributed by atoms with Crippen molar-refractivity contribution in [3.05, 3.63) is 164 Å². The van der Waals surface area contributed by atoms with Gasteiger partial charge in [0.15, 0.2) is 0 Å². The van der Waals surface area contributed by atoms with Gasteiger partial charge < -0.3 is 9.13 Å². The van der Waals surface area contributed by atoms with E-state index < -0.39 is 0 Å². The minimum absolute atomic E-state index is 0.955. The van der Waals surface area contributed by atoms with E-state index in [1.54, 1.807) is 0 Å². The molecule has 9 aromatic rings. The minimum Gasteiger partial charge on any atom is -0.317 e. The lowest BCUT2D eigenvalue weighted by Gasteiger charge is -2.13. The Morgan fingerprint density at radius 1 is 0.386 bits per heavy atom. The van der Waals surface area contributed by atoms with Crippen LogP contribution in [0.3, 0.4) is 0 Å². The number of fused-ring (bicyclic) bond motifs is 5. The number of benzene rings is 6. The summed E-state index contributed by atoms with van der Waals surface area (Å²) in [6.07, 6.45) is 2.17. The predicted octanol–water partition coefficient (Wildman–Crippen LogP) is 10.6. The molecule has 206 valence electrons. The second kappa shape index (κ2) is 9.82. The molecular weight excluding hydrogens is 534 g/mol. The van der Waals surface area contributed by atoms with Gasteiger partial charge in [-0.1, -0.05) is 97.1 Å². The van der Waals surface area contributed by atoms with E-state index in [1.165, 1.54) is 43.5 Å². The first kappa shape index (κ1) is 24.6. The van der Waals surface area contributed by atoms with Crippen LogP contribution < -0.4 is 0 Å². The molecule has 3 nitrogen and oxygen atoms in total. The van der Waals surface area contributed by atoms with Gasteiger partial charge in [0.05, 0.1) is 33.6 Å². The average molecular weight is 562 g/mol. The molecule has 0 aliphatic heterocycles. The smallest absolute Gasteiger partial charge is 0.0730 e. The fourth-order valence-corrected chi connectivity index (χ4v) is 6.60. The summed E-state index contributed by atoms with van der Waals surface area (Å²) in [7, 11) is 0. The summed E-state index contributed by atoms with van der Waals surface area (Å²) in [6.45, 7) is 0. The molecular formula is C41H27N3. The zero-order valence-electron chi connectivity index (χ0n) is 23.9. The van der Waals surface area contributed by atoms with Crippen molar-refractivity contribution in [1.29, 1.82) is 0 Å². The average Bonchev–Trinajstić information content (AvgIpc) is 3.65. The van der Waals surface area contributed by atoms with E-state index in [2.05, 4.69) is 173 Å². The standard InChI is InChI=1S/C41H27N3/c1-4-12-28(13-5-1)37-26-34(27-38(42-37)29-14-6-2-7-15-29)44-39-19-11-10-18-35(39)36-23-31-22-30-20-21-43(33-16-8-3-9-17-33)40(30)24-32(31)25-41(36)44/h1-27H. The molecule has 0 saturated heterocycles. The summed E-state index contributed by atoms with van der Waals surface area (Å²) in [5.74, 6) is 0. The third-order valence-corrected chi connectivity index (χ3v) is 8.68. The molecule has 0 bridgehead atoms. The minimum atomic E-state index is 0.955. The number of aromatic nitrogens is 3. The van der Waals surface area contributed by atoms with Gasteiger partial charge in [-0.3, -0.25) is 0 Å². The molecule has 3 heterocycles. The van der Waals surface area contributed by atoms with Crippen LogP contribution in [-0.4, -0.2) is 14.1 Å². The van der Waals surface area contributed by atoms with Gasteiger partial charge in [0, 0.05) is 39.2 Å². The third kappa shape index (κ3) is 3.94. The number of hydrogen-bond donors (Lipinski definition) is 0. The molecule has 9 rings (SSSR count). The zero-order chi connectivity index (χ0) is 29.0. The van der Waals surface area contributed by atoms with Gasteiger partial charge in [-0.05, 0) is 71.4 Å². The fourth-order valence-electron chi connectivity index (χ4n) is 6.60. The molecule has 0 aliphatic carbocycles. The van der Waals surface area contributed by atoms with Crippen molar-refractivity contribution in [1.82, 2.24) is 14.1 Å². The Bertz CT molecular complexity index is 2410. The van der Waals surface area contributed by atoms with Gasteiger partial charge in [-0.15, -0.1) is 0 Å². The molecule has 44 heavy (non-hydrogen) atoms. The van der Waals surface area contributed by atoms with Gasteiger partial charge in [0.25, 0.3) is 0 Å². The van der Waals surface area contributed by atoms with Crippen LogP contribution in [0.25, 0.3) is 77.4 Å². The molecule has 3 heteroatoms. The Labute approximate surface area is 254 Å². The number of hydrogen-bond acceptors (Lipinski definition) is 1. The van der Waals surface area contributed by atoms with Crippen LogP contribution in [-0.2, 0) is 0 Å². The van der Waals surface area contributed by atoms with Crippen LogP contribution in [0.1, 0.15) is 0 Å². The van der Waals surface area contributed by atoms with Crippen molar-refractivity contribution in [3.63, 3.8) is 0 Å². The summed E-state index contributed by atoms with van der Waals surface area (Å²) < 4.78 is 4.68. The highest BCUT2D eigenvalue weighted by Crippen LogP contribution is 2.38. The largest absolute Gasteiger partial charge is 0.317 e. The lowest BCUT2D eigenvalue weighted by Crippen LogP contribution is -1.98. The van der Waals surface area contributed by atoms with E-state index in [0.29, 0.717) is 0 Å². The SMILES string of the molecule is c1ccc(-c2cc(-n3c4ccccc4c4cc5cc6ccn(-c7ccccc7)c6cc5cc43)cc(-c3ccccc3)n2)cc1. The maximum Gasteiger partial charge on any atom is 0.0730 e. The maximum atomic E-state index is 5.14. The number of nitrogens with zero attached hydrogens (tertiary/aromatic N) is 3. The van der Waals surface area contributed by atoms with Gasteiger partial charge >= 0.3 is 0 Å². The first-order chi connectivity index (χ1) is 21.8. The van der Waals surface area contributed by atoms with Crippen molar-refractivity contribution < 1.29 is 0 Å². The summed E-state index contributed by atoms with van der Waals surface area (Å²) in [5, 5.41) is 6.17. The number of rotatable bonds is 4. The highest BCUT2D eigenvalue weighted by atomic mass is 15.0. The van der Waals surface area contributed by atoms with Crippen molar-refractivity contribution in [2.45, 2.75) is 0 Å². The molecule has 0 unspecified atom stereocenters. The molecule has 0 fully saturated rings. The van der Waals surface area contributed by atoms with E-state index >= 15 is 0 Å². The first-order valence-electron chi connectivity index (χ1n) is 15.0. The summed E-state index contributed by atoms with van der Waals surface area (Å²) in [6, 6.07) is 56.2. The van der Waals surface area contributed by atoms with E-state index in [0.717, 1.165) is 33.9 Å². The molecule has 0 aliphatic rings. The fraction of sp³-hybridized carbons (Fsp3) is 0. The predicted molar refractivity (Wildman–Crippen MR) is 184 cm³/mol. The topological polar surface area (TPSA) is 22.8 Å². The molecule has 0 amide bonds. The molecule has 0 saturated carbocycles. The van der Waals surface area contributed by atoms with Crippen LogP contribution in [0.4, 0.5) is 0 Å². The van der Waals surface area contributed by atoms with E-state index in [9.17, 15) is 0 Å². The van der Waals surface area contributed by atoms with Crippen molar-refractivity contribution in [2.75, 3.05) is 0 Å². The molecule has 0 spiro atoms. The normalized spacial score (nSPS) is 11.6. The maximum absolute atomic E-state index is 5.14. The van der Waals surface area contributed by atoms with Crippen molar-refractivity contribution in [3.8, 4) is 33.9 Å². The highest BCUT2D eigenvalue weighted by molar-refractivity contribution is 6.15. The Balaban J connectivity index is 1.34. The zero-order valence-corrected chi connectivity index (χ0v) is 23.9. The van der Waals surface area contributed by atoms with E-state index in [-0.39, 0.29) is 0 Å². The van der Waals surface area contributed by atoms with Crippen LogP contribution in [0, 0.1) is 0 Å². The van der Waals surface area contributed by atoms with Crippen LogP contribution in [0.2, 0.25) is 0 Å². The monoisotopic (exact) mass is 561 g/mol. The lowest BCUT2D eigenvalue weighted by atomic mass is 10.0.